The first-order valence-corrected chi connectivity index (χ1v) is 38.2. The van der Waals surface area contributed by atoms with Crippen LogP contribution in [0.25, 0.3) is 16.0 Å². The number of nitriles is 1. The first kappa shape index (κ1) is 81.9. The number of methoxy groups -OCH3 is 2. The van der Waals surface area contributed by atoms with Crippen molar-refractivity contribution in [2.24, 2.45) is 25.4 Å². The quantitative estimate of drug-likeness (QED) is 0.0101. The molecule has 8 rings (SSSR count). The van der Waals surface area contributed by atoms with Crippen molar-refractivity contribution in [3.8, 4) is 11.8 Å². The molecule has 2 aromatic heterocycles. The monoisotopic (exact) mass is 1440 g/mol. The lowest BCUT2D eigenvalue weighted by atomic mass is 9.90. The number of ether oxygens (including phenoxy) is 2. The Bertz CT molecular complexity index is 4530. The fourth-order valence-electron chi connectivity index (χ4n) is 13.3. The van der Waals surface area contributed by atoms with Gasteiger partial charge in [-0.15, -0.1) is 20.5 Å². The largest absolute Gasteiger partial charge is 0.494 e. The van der Waals surface area contributed by atoms with Crippen molar-refractivity contribution in [2.45, 2.75) is 180 Å². The van der Waals surface area contributed by atoms with Gasteiger partial charge >= 0.3 is 0 Å². The molecule has 1 N–H and O–H groups in total. The molecule has 0 saturated carbocycles. The number of carbonyl (C=O) groups is 1. The normalized spacial score (nSPS) is 12.7. The molecule has 5 aromatic carbocycles. The minimum absolute atomic E-state index is 0.255. The molecule has 7 aromatic rings. The Morgan fingerprint density at radius 3 is 1.73 bits per heavy atom. The van der Waals surface area contributed by atoms with Gasteiger partial charge in [0.25, 0.3) is 5.69 Å². The smallest absolute Gasteiger partial charge is 0.255 e. The Morgan fingerprint density at radius 1 is 0.645 bits per heavy atom. The number of amides is 1. The van der Waals surface area contributed by atoms with Crippen LogP contribution in [0.2, 0.25) is 0 Å². The van der Waals surface area contributed by atoms with Crippen LogP contribution in [0, 0.1) is 24.8 Å². The van der Waals surface area contributed by atoms with Gasteiger partial charge < -0.3 is 29.5 Å². The van der Waals surface area contributed by atoms with Gasteiger partial charge in [-0.25, -0.2) is 19.1 Å². The summed E-state index contributed by atoms with van der Waals surface area (Å²) in [7, 11) is 3.16. The number of benzene rings is 5. The molecule has 1 aliphatic carbocycles. The molecule has 0 saturated heterocycles. The third kappa shape index (κ3) is 21.1. The van der Waals surface area contributed by atoms with E-state index in [1.54, 1.807) is 31.0 Å². The average Bonchev–Trinajstić information content (AvgIpc) is 1.58. The Labute approximate surface area is 637 Å². The van der Waals surface area contributed by atoms with Crippen molar-refractivity contribution in [1.29, 1.82) is 5.26 Å². The fourth-order valence-corrected chi connectivity index (χ4v) is 13.3. The lowest BCUT2D eigenvalue weighted by Gasteiger charge is -2.25. The van der Waals surface area contributed by atoms with Gasteiger partial charge in [-0.2, -0.15) is 15.5 Å². The maximum Gasteiger partial charge on any atom is 0.255 e. The highest BCUT2D eigenvalue weighted by atomic mass is 16.5. The van der Waals surface area contributed by atoms with Crippen molar-refractivity contribution >= 4 is 86.3 Å². The van der Waals surface area contributed by atoms with Gasteiger partial charge in [0.2, 0.25) is 5.91 Å². The van der Waals surface area contributed by atoms with Crippen molar-refractivity contribution in [3.63, 3.8) is 0 Å². The minimum Gasteiger partial charge on any atom is -0.494 e. The molecule has 0 unspecified atom stereocenters. The summed E-state index contributed by atoms with van der Waals surface area (Å²) in [6, 6.07) is 36.0. The zero-order chi connectivity index (χ0) is 77.4. The standard InChI is InChI=1S/C88H112N16O3/c1-20-28-51-101(50-23-4)71-46-42-68(43-47-71)73(67-40-36-65(37-41-67)60-104-86(82(90-17)84(98-104)88(14,15)16)96-94-78-57-81(107-19)80(100(26-7)27-8)56-76(78)92-63(10)105)32-31-33-74(69-44-48-72(49-45-69)102(52-29-21-2)53-30-22-3)66-38-34-64(35-39-66)59-103-85(62(9)83(97-103)87(11,12)13)95-93-77-54-70(58-89)79(99(24-5)25-6)55-75(77)91-61-106-18/h31-49,54-57,61H,20-30,50-53,59-60H2,1-16,18-19H3/p+1. The van der Waals surface area contributed by atoms with Gasteiger partial charge in [-0.3, -0.25) is 9.48 Å². The number of allylic oxidation sites excluding steroid dienone is 9. The van der Waals surface area contributed by atoms with Crippen molar-refractivity contribution in [1.82, 2.24) is 19.6 Å². The number of nitrogens with one attached hydrogen (secondary N) is 1. The Kier molecular flexibility index (Phi) is 29.8. The van der Waals surface area contributed by atoms with Crippen LogP contribution < -0.4 is 24.8 Å². The fraction of sp³-hybridized carbons (Fsp3) is 0.420. The third-order valence-corrected chi connectivity index (χ3v) is 19.1. The summed E-state index contributed by atoms with van der Waals surface area (Å²) in [5.41, 5.74) is 16.6. The number of azo groups is 2. The molecule has 19 heteroatoms. The van der Waals surface area contributed by atoms with Crippen LogP contribution >= 0.6 is 0 Å². The van der Waals surface area contributed by atoms with Crippen LogP contribution in [0.1, 0.15) is 199 Å². The first-order valence-electron chi connectivity index (χ1n) is 38.2. The second-order valence-electron chi connectivity index (χ2n) is 29.0. The molecule has 562 valence electrons. The van der Waals surface area contributed by atoms with Crippen LogP contribution in [0.4, 0.5) is 57.1 Å². The van der Waals surface area contributed by atoms with Crippen LogP contribution in [0.3, 0.4) is 0 Å². The molecular formula is C88H113N16O3+. The van der Waals surface area contributed by atoms with Crippen molar-refractivity contribution in [3.05, 3.63) is 207 Å². The van der Waals surface area contributed by atoms with Gasteiger partial charge in [0.05, 0.1) is 73.6 Å². The summed E-state index contributed by atoms with van der Waals surface area (Å²) in [5, 5.41) is 43.0. The molecule has 0 aliphatic heterocycles. The van der Waals surface area contributed by atoms with E-state index in [2.05, 4.69) is 232 Å². The molecule has 107 heavy (non-hydrogen) atoms. The minimum atomic E-state index is -0.496. The maximum absolute atomic E-state index is 12.7. The van der Waals surface area contributed by atoms with Gasteiger partial charge in [0, 0.05) is 93.9 Å². The van der Waals surface area contributed by atoms with Crippen molar-refractivity contribution < 1.29 is 18.8 Å². The number of hydrogen-bond donors (Lipinski definition) is 1. The van der Waals surface area contributed by atoms with E-state index in [4.69, 9.17) is 46.7 Å². The van der Waals surface area contributed by atoms with E-state index in [0.717, 1.165) is 164 Å². The number of carbonyl (C=O) groups excluding carboxylic acids is 1. The zero-order valence-electron chi connectivity index (χ0n) is 66.8. The van der Waals surface area contributed by atoms with E-state index in [-0.39, 0.29) is 11.3 Å². The molecule has 0 atom stereocenters. The molecule has 0 radical (unpaired) electrons. The van der Waals surface area contributed by atoms with Crippen LogP contribution in [0.15, 0.2) is 171 Å². The van der Waals surface area contributed by atoms with E-state index in [1.165, 1.54) is 24.7 Å². The van der Waals surface area contributed by atoms with Gasteiger partial charge in [-0.1, -0.05) is 167 Å². The number of unbranched alkanes of at least 4 members (excludes halogenated alkanes) is 3. The molecule has 0 fully saturated rings. The molecule has 0 bridgehead atoms. The number of anilines is 4. The summed E-state index contributed by atoms with van der Waals surface area (Å²) in [6.07, 6.45) is 24.8. The second-order valence-corrected chi connectivity index (χ2v) is 29.0. The molecule has 1 amide bonds. The predicted octanol–water partition coefficient (Wildman–Crippen LogP) is 21.9. The second kappa shape index (κ2) is 39.0. The highest BCUT2D eigenvalue weighted by molar-refractivity contribution is 6.04. The topological polar surface area (TPSA) is 186 Å². The van der Waals surface area contributed by atoms with E-state index in [9.17, 15) is 10.1 Å². The van der Waals surface area contributed by atoms with E-state index < -0.39 is 5.41 Å². The number of aromatic nitrogens is 4. The van der Waals surface area contributed by atoms with Crippen molar-refractivity contribution in [2.75, 3.05) is 86.6 Å². The highest BCUT2D eigenvalue weighted by Gasteiger charge is 2.29. The number of hydrogen-bond acceptors (Lipinski definition) is 14. The lowest BCUT2D eigenvalue weighted by Crippen LogP contribution is -2.25. The van der Waals surface area contributed by atoms with E-state index in [1.807, 2.05) is 44.5 Å². The Balaban J connectivity index is 1.23. The lowest BCUT2D eigenvalue weighted by molar-refractivity contribution is -0.527. The number of nitrogens with zero attached hydrogens (tertiary/aromatic N) is 15. The molecular weight excluding hydrogens is 1330 g/mol. The predicted molar refractivity (Wildman–Crippen MR) is 443 cm³/mol. The highest BCUT2D eigenvalue weighted by Crippen LogP contribution is 2.44. The Hall–Kier alpha value is -10.8. The molecule has 19 nitrogen and oxygen atoms in total. The summed E-state index contributed by atoms with van der Waals surface area (Å²) in [4.78, 5) is 28.1. The summed E-state index contributed by atoms with van der Waals surface area (Å²) in [5.74, 6) is 1.25. The molecule has 0 spiro atoms. The van der Waals surface area contributed by atoms with Gasteiger partial charge in [0.1, 0.15) is 36.3 Å². The van der Waals surface area contributed by atoms with Gasteiger partial charge in [-0.05, 0) is 140 Å². The molecule has 1 aliphatic rings. The third-order valence-electron chi connectivity index (χ3n) is 19.1. The first-order chi connectivity index (χ1) is 51.5. The molecule has 2 heterocycles. The number of aliphatic imine (C=N–C) groups is 1. The number of rotatable bonds is 35. The Morgan fingerprint density at radius 2 is 1.20 bits per heavy atom. The summed E-state index contributed by atoms with van der Waals surface area (Å²) in [6.45, 7) is 49.4. The van der Waals surface area contributed by atoms with Gasteiger partial charge in [0.15, 0.2) is 23.7 Å². The SMILES string of the molecule is [C-]#[N+]c1c(C(C)(C)C)nn(Cc2ccc(C(C=CC=C(c3ccc(Cn4nc(C(C)(C)C)c(C)c4N=Nc4cc(C#N)c(N(CC)CC)cc4N=COC)cc3)c3ccc(N(CCCC)CCCC)cc3)=C3C=CC(=[N+](CCC)CCCC)C=C3)cc2)c1N=Nc1cc(OC)c(N(CC)CC)cc1NC(C)=O. The van der Waals surface area contributed by atoms with Crippen LogP contribution in [0.5, 0.6) is 5.75 Å². The van der Waals surface area contributed by atoms with E-state index >= 15 is 0 Å². The summed E-state index contributed by atoms with van der Waals surface area (Å²) >= 11 is 0. The maximum atomic E-state index is 12.7. The van der Waals surface area contributed by atoms with Crippen LogP contribution in [-0.2, 0) is 33.5 Å². The van der Waals surface area contributed by atoms with Crippen LogP contribution in [-0.4, -0.2) is 109 Å². The average molecular weight is 1440 g/mol. The van der Waals surface area contributed by atoms with E-state index in [0.29, 0.717) is 70.2 Å². The summed E-state index contributed by atoms with van der Waals surface area (Å²) < 4.78 is 17.3. The zero-order valence-corrected chi connectivity index (χ0v) is 66.8.